The predicted octanol–water partition coefficient (Wildman–Crippen LogP) is 5.18. The van der Waals surface area contributed by atoms with E-state index >= 15 is 0 Å². The Kier molecular flexibility index (Phi) is 7.19. The van der Waals surface area contributed by atoms with Gasteiger partial charge in [0.05, 0.1) is 6.21 Å². The Morgan fingerprint density at radius 3 is 2.37 bits per heavy atom. The number of nitrogens with zero attached hydrogens (tertiary/aromatic N) is 5. The molecule has 0 saturated heterocycles. The quantitative estimate of drug-likeness (QED) is 0.384. The molecule has 7 nitrogen and oxygen atoms in total. The first kappa shape index (κ1) is 21.5. The van der Waals surface area contributed by atoms with E-state index in [-0.39, 0.29) is 0 Å². The van der Waals surface area contributed by atoms with E-state index in [1.807, 2.05) is 31.2 Å². The number of hydrazone groups is 1. The van der Waals surface area contributed by atoms with Gasteiger partial charge in [0.25, 0.3) is 0 Å². The Hall–Kier alpha value is -3.19. The van der Waals surface area contributed by atoms with Crippen LogP contribution in [0.4, 0.5) is 23.5 Å². The van der Waals surface area contributed by atoms with E-state index < -0.39 is 0 Å². The average molecular weight is 424 g/mol. The average Bonchev–Trinajstić information content (AvgIpc) is 2.73. The van der Waals surface area contributed by atoms with Crippen molar-refractivity contribution in [2.75, 3.05) is 28.7 Å². The van der Waals surface area contributed by atoms with Crippen LogP contribution in [0.5, 0.6) is 0 Å². The molecule has 0 unspecified atom stereocenters. The Morgan fingerprint density at radius 2 is 1.67 bits per heavy atom. The summed E-state index contributed by atoms with van der Waals surface area (Å²) in [6, 6.07) is 13.6. The van der Waals surface area contributed by atoms with Crippen molar-refractivity contribution in [2.24, 2.45) is 5.10 Å². The summed E-state index contributed by atoms with van der Waals surface area (Å²) in [5, 5.41) is 8.26. The topological polar surface area (TPSA) is 78.3 Å². The molecule has 8 heteroatoms. The molecule has 1 heterocycles. The minimum atomic E-state index is 0.366. The van der Waals surface area contributed by atoms with Gasteiger partial charge in [0.1, 0.15) is 0 Å². The summed E-state index contributed by atoms with van der Waals surface area (Å²) in [5.41, 5.74) is 7.06. The smallest absolute Gasteiger partial charge is 0.250 e. The Bertz CT molecular complexity index is 1010. The van der Waals surface area contributed by atoms with Gasteiger partial charge in [0, 0.05) is 23.8 Å². The van der Waals surface area contributed by atoms with Crippen molar-refractivity contribution in [3.05, 3.63) is 64.2 Å². The molecule has 0 aliphatic rings. The third-order valence-corrected chi connectivity index (χ3v) is 4.81. The van der Waals surface area contributed by atoms with Crippen LogP contribution in [0.15, 0.2) is 47.6 Å². The fourth-order valence-corrected chi connectivity index (χ4v) is 2.95. The van der Waals surface area contributed by atoms with Crippen LogP contribution in [0.2, 0.25) is 5.02 Å². The lowest BCUT2D eigenvalue weighted by atomic mass is 10.1. The van der Waals surface area contributed by atoms with Crippen LogP contribution in [-0.4, -0.2) is 34.3 Å². The Balaban J connectivity index is 1.87. The summed E-state index contributed by atoms with van der Waals surface area (Å²) >= 11 is 5.92. The van der Waals surface area contributed by atoms with Gasteiger partial charge in [0.15, 0.2) is 0 Å². The third-order valence-electron chi connectivity index (χ3n) is 4.56. The van der Waals surface area contributed by atoms with Gasteiger partial charge >= 0.3 is 0 Å². The van der Waals surface area contributed by atoms with Gasteiger partial charge < -0.3 is 10.2 Å². The van der Waals surface area contributed by atoms with Gasteiger partial charge in [-0.1, -0.05) is 35.9 Å². The fraction of sp³-hybridized carbons (Fsp3) is 0.273. The largest absolute Gasteiger partial charge is 0.341 e. The number of halogens is 1. The van der Waals surface area contributed by atoms with E-state index in [0.717, 1.165) is 35.5 Å². The van der Waals surface area contributed by atoms with Crippen molar-refractivity contribution < 1.29 is 0 Å². The molecule has 0 aliphatic carbocycles. The van der Waals surface area contributed by atoms with Crippen LogP contribution in [0.1, 0.15) is 30.5 Å². The molecule has 0 bridgehead atoms. The summed E-state index contributed by atoms with van der Waals surface area (Å²) < 4.78 is 0. The van der Waals surface area contributed by atoms with Gasteiger partial charge in [-0.05, 0) is 62.6 Å². The van der Waals surface area contributed by atoms with E-state index in [0.29, 0.717) is 22.9 Å². The number of aryl methyl sites for hydroxylation is 2. The van der Waals surface area contributed by atoms with Crippen LogP contribution in [-0.2, 0) is 0 Å². The van der Waals surface area contributed by atoms with Crippen molar-refractivity contribution in [3.63, 3.8) is 0 Å². The lowest BCUT2D eigenvalue weighted by Crippen LogP contribution is -2.25. The van der Waals surface area contributed by atoms with Gasteiger partial charge in [-0.3, -0.25) is 0 Å². The van der Waals surface area contributed by atoms with Crippen LogP contribution >= 0.6 is 11.6 Å². The highest BCUT2D eigenvalue weighted by molar-refractivity contribution is 6.30. The van der Waals surface area contributed by atoms with E-state index in [9.17, 15) is 0 Å². The molecule has 2 N–H and O–H groups in total. The maximum Gasteiger partial charge on any atom is 0.250 e. The molecule has 0 radical (unpaired) electrons. The SMILES string of the molecule is CCN(CC)c1nc(N/N=C\c2ccc(Cl)cc2)nc(Nc2cc(C)ccc2C)n1. The van der Waals surface area contributed by atoms with Gasteiger partial charge in [-0.25, -0.2) is 5.43 Å². The summed E-state index contributed by atoms with van der Waals surface area (Å²) in [4.78, 5) is 15.7. The number of nitrogens with one attached hydrogen (secondary N) is 2. The minimum Gasteiger partial charge on any atom is -0.341 e. The van der Waals surface area contributed by atoms with E-state index in [1.54, 1.807) is 6.21 Å². The third kappa shape index (κ3) is 5.67. The number of hydrogen-bond donors (Lipinski definition) is 2. The first-order valence-corrected chi connectivity index (χ1v) is 10.3. The zero-order valence-corrected chi connectivity index (χ0v) is 18.4. The Labute approximate surface area is 182 Å². The van der Waals surface area contributed by atoms with Crippen molar-refractivity contribution in [1.82, 2.24) is 15.0 Å². The highest BCUT2D eigenvalue weighted by Crippen LogP contribution is 2.22. The fourth-order valence-electron chi connectivity index (χ4n) is 2.82. The molecule has 2 aromatic carbocycles. The first-order chi connectivity index (χ1) is 14.5. The van der Waals surface area contributed by atoms with E-state index in [1.165, 1.54) is 0 Å². The zero-order valence-electron chi connectivity index (χ0n) is 17.6. The molecule has 3 rings (SSSR count). The van der Waals surface area contributed by atoms with Crippen molar-refractivity contribution in [2.45, 2.75) is 27.7 Å². The van der Waals surface area contributed by atoms with Crippen LogP contribution < -0.4 is 15.6 Å². The van der Waals surface area contributed by atoms with Crippen molar-refractivity contribution in [1.29, 1.82) is 0 Å². The van der Waals surface area contributed by atoms with Crippen LogP contribution in [0.3, 0.4) is 0 Å². The second kappa shape index (κ2) is 10.0. The molecule has 0 fully saturated rings. The molecule has 1 aromatic heterocycles. The first-order valence-electron chi connectivity index (χ1n) is 9.88. The molecule has 30 heavy (non-hydrogen) atoms. The summed E-state index contributed by atoms with van der Waals surface area (Å²) in [6.07, 6.45) is 1.69. The van der Waals surface area contributed by atoms with E-state index in [4.69, 9.17) is 11.6 Å². The maximum atomic E-state index is 5.92. The maximum absolute atomic E-state index is 5.92. The van der Waals surface area contributed by atoms with Gasteiger partial charge in [-0.15, -0.1) is 0 Å². The Morgan fingerprint density at radius 1 is 0.967 bits per heavy atom. The molecular formula is C22H26ClN7. The summed E-state index contributed by atoms with van der Waals surface area (Å²) in [5.74, 6) is 1.42. The number of rotatable bonds is 8. The molecular weight excluding hydrogens is 398 g/mol. The second-order valence-electron chi connectivity index (χ2n) is 6.82. The number of hydrogen-bond acceptors (Lipinski definition) is 7. The highest BCUT2D eigenvalue weighted by Gasteiger charge is 2.12. The number of anilines is 4. The molecule has 156 valence electrons. The lowest BCUT2D eigenvalue weighted by molar-refractivity contribution is 0.814. The summed E-state index contributed by atoms with van der Waals surface area (Å²) in [6.45, 7) is 9.81. The standard InChI is InChI=1S/C22H26ClN7/c1-5-30(6-2)22-27-20(25-19-13-15(3)7-8-16(19)4)26-21(28-22)29-24-14-17-9-11-18(23)12-10-17/h7-14H,5-6H2,1-4H3,(H2,25,26,27,28,29)/b24-14-. The number of aromatic nitrogens is 3. The van der Waals surface area contributed by atoms with E-state index in [2.05, 4.69) is 74.7 Å². The van der Waals surface area contributed by atoms with Crippen molar-refractivity contribution in [3.8, 4) is 0 Å². The monoisotopic (exact) mass is 423 g/mol. The van der Waals surface area contributed by atoms with Crippen LogP contribution in [0, 0.1) is 13.8 Å². The van der Waals surface area contributed by atoms with Crippen molar-refractivity contribution >= 4 is 41.3 Å². The highest BCUT2D eigenvalue weighted by atomic mass is 35.5. The molecule has 0 saturated carbocycles. The second-order valence-corrected chi connectivity index (χ2v) is 7.26. The molecule has 0 aliphatic heterocycles. The van der Waals surface area contributed by atoms with Gasteiger partial charge in [0.2, 0.25) is 17.8 Å². The van der Waals surface area contributed by atoms with Gasteiger partial charge in [-0.2, -0.15) is 20.1 Å². The zero-order chi connectivity index (χ0) is 21.5. The molecule has 0 spiro atoms. The van der Waals surface area contributed by atoms with Crippen LogP contribution in [0.25, 0.3) is 0 Å². The predicted molar refractivity (Wildman–Crippen MR) is 125 cm³/mol. The molecule has 0 amide bonds. The normalized spacial score (nSPS) is 11.0. The number of benzene rings is 2. The minimum absolute atomic E-state index is 0.366. The lowest BCUT2D eigenvalue weighted by Gasteiger charge is -2.19. The summed E-state index contributed by atoms with van der Waals surface area (Å²) in [7, 11) is 0. The molecule has 3 aromatic rings. The molecule has 0 atom stereocenters.